The van der Waals surface area contributed by atoms with E-state index in [0.29, 0.717) is 13.1 Å². The zero-order valence-electron chi connectivity index (χ0n) is 12.8. The van der Waals surface area contributed by atoms with Crippen molar-refractivity contribution in [3.63, 3.8) is 0 Å². The van der Waals surface area contributed by atoms with Crippen LogP contribution in [0, 0.1) is 0 Å². The van der Waals surface area contributed by atoms with Crippen LogP contribution < -0.4 is 5.32 Å². The summed E-state index contributed by atoms with van der Waals surface area (Å²) in [6.45, 7) is 8.75. The first-order valence-electron chi connectivity index (χ1n) is 7.44. The third-order valence-electron chi connectivity index (χ3n) is 3.70. The standard InChI is InChI=1S/C14H25N3O2S2/c1-13(2)17(12-14-4-3-10-20-14)21(18,19)11-9-16-7-5-15-6-8-16/h3-4,10,13,15H,5-9,11-12H2,1-2H3. The lowest BCUT2D eigenvalue weighted by Gasteiger charge is -2.29. The van der Waals surface area contributed by atoms with Gasteiger partial charge in [0.1, 0.15) is 0 Å². The highest BCUT2D eigenvalue weighted by atomic mass is 32.2. The van der Waals surface area contributed by atoms with Crippen LogP contribution in [0.3, 0.4) is 0 Å². The summed E-state index contributed by atoms with van der Waals surface area (Å²) in [7, 11) is -3.22. The summed E-state index contributed by atoms with van der Waals surface area (Å²) in [5.41, 5.74) is 0. The van der Waals surface area contributed by atoms with Crippen LogP contribution in [0.1, 0.15) is 18.7 Å². The molecular formula is C14H25N3O2S2. The third-order valence-corrected chi connectivity index (χ3v) is 6.53. The summed E-state index contributed by atoms with van der Waals surface area (Å²) in [4.78, 5) is 3.31. The first-order chi connectivity index (χ1) is 9.99. The van der Waals surface area contributed by atoms with Crippen LogP contribution in [0.2, 0.25) is 0 Å². The van der Waals surface area contributed by atoms with Gasteiger partial charge in [-0.05, 0) is 25.3 Å². The number of thiophene rings is 1. The first-order valence-corrected chi connectivity index (χ1v) is 9.93. The molecule has 120 valence electrons. The number of hydrogen-bond donors (Lipinski definition) is 1. The van der Waals surface area contributed by atoms with E-state index in [1.165, 1.54) is 0 Å². The van der Waals surface area contributed by atoms with E-state index in [-0.39, 0.29) is 11.8 Å². The molecule has 0 bridgehead atoms. The molecule has 0 saturated carbocycles. The van der Waals surface area contributed by atoms with Gasteiger partial charge in [-0.3, -0.25) is 4.90 Å². The quantitative estimate of drug-likeness (QED) is 0.815. The van der Waals surface area contributed by atoms with Crippen molar-refractivity contribution in [2.24, 2.45) is 0 Å². The molecule has 0 amide bonds. The second kappa shape index (κ2) is 7.69. The van der Waals surface area contributed by atoms with E-state index in [1.54, 1.807) is 15.6 Å². The number of nitrogens with zero attached hydrogens (tertiary/aromatic N) is 2. The highest BCUT2D eigenvalue weighted by Crippen LogP contribution is 2.17. The molecule has 0 radical (unpaired) electrons. The molecule has 1 saturated heterocycles. The Balaban J connectivity index is 1.96. The molecule has 1 aromatic heterocycles. The maximum Gasteiger partial charge on any atom is 0.215 e. The molecule has 0 aromatic carbocycles. The van der Waals surface area contributed by atoms with Gasteiger partial charge in [0.25, 0.3) is 0 Å². The van der Waals surface area contributed by atoms with Gasteiger partial charge in [-0.15, -0.1) is 11.3 Å². The molecular weight excluding hydrogens is 306 g/mol. The Morgan fingerprint density at radius 2 is 2.10 bits per heavy atom. The van der Waals surface area contributed by atoms with E-state index in [9.17, 15) is 8.42 Å². The van der Waals surface area contributed by atoms with Crippen LogP contribution in [-0.2, 0) is 16.6 Å². The SMILES string of the molecule is CC(C)N(Cc1cccs1)S(=O)(=O)CCN1CCNCC1. The second-order valence-corrected chi connectivity index (χ2v) is 8.70. The molecule has 1 fully saturated rings. The average molecular weight is 332 g/mol. The first kappa shape index (κ1) is 16.9. The number of sulfonamides is 1. The van der Waals surface area contributed by atoms with Crippen LogP contribution in [0.4, 0.5) is 0 Å². The fourth-order valence-electron chi connectivity index (χ4n) is 2.45. The molecule has 0 unspecified atom stereocenters. The zero-order valence-corrected chi connectivity index (χ0v) is 14.4. The lowest BCUT2D eigenvalue weighted by Crippen LogP contribution is -2.47. The minimum Gasteiger partial charge on any atom is -0.314 e. The summed E-state index contributed by atoms with van der Waals surface area (Å²) in [5.74, 6) is 0.205. The molecule has 1 aliphatic heterocycles. The number of piperazine rings is 1. The largest absolute Gasteiger partial charge is 0.314 e. The van der Waals surface area contributed by atoms with E-state index < -0.39 is 10.0 Å². The fourth-order valence-corrected chi connectivity index (χ4v) is 4.94. The Morgan fingerprint density at radius 1 is 1.38 bits per heavy atom. The van der Waals surface area contributed by atoms with Gasteiger partial charge in [-0.2, -0.15) is 4.31 Å². The van der Waals surface area contributed by atoms with Crippen molar-refractivity contribution >= 4 is 21.4 Å². The summed E-state index contributed by atoms with van der Waals surface area (Å²) in [5, 5.41) is 5.27. The molecule has 2 rings (SSSR count). The van der Waals surface area contributed by atoms with Crippen molar-refractivity contribution < 1.29 is 8.42 Å². The molecule has 0 spiro atoms. The number of hydrogen-bond acceptors (Lipinski definition) is 5. The van der Waals surface area contributed by atoms with Gasteiger partial charge in [0.2, 0.25) is 10.0 Å². The zero-order chi connectivity index (χ0) is 15.3. The Hall–Kier alpha value is -0.470. The Morgan fingerprint density at radius 3 is 2.67 bits per heavy atom. The molecule has 7 heteroatoms. The molecule has 1 aliphatic rings. The maximum absolute atomic E-state index is 12.6. The molecule has 0 aliphatic carbocycles. The number of nitrogens with one attached hydrogen (secondary N) is 1. The topological polar surface area (TPSA) is 52.7 Å². The molecule has 0 atom stereocenters. The van der Waals surface area contributed by atoms with Crippen molar-refractivity contribution in [3.05, 3.63) is 22.4 Å². The third kappa shape index (κ3) is 5.03. The summed E-state index contributed by atoms with van der Waals surface area (Å²) in [6, 6.07) is 3.94. The van der Waals surface area contributed by atoms with E-state index >= 15 is 0 Å². The van der Waals surface area contributed by atoms with Crippen molar-refractivity contribution in [3.8, 4) is 0 Å². The van der Waals surface area contributed by atoms with Gasteiger partial charge in [0.05, 0.1) is 5.75 Å². The predicted octanol–water partition coefficient (Wildman–Crippen LogP) is 1.19. The molecule has 5 nitrogen and oxygen atoms in total. The highest BCUT2D eigenvalue weighted by molar-refractivity contribution is 7.89. The van der Waals surface area contributed by atoms with Crippen LogP contribution in [0.25, 0.3) is 0 Å². The van der Waals surface area contributed by atoms with Crippen LogP contribution in [-0.4, -0.2) is 62.1 Å². The van der Waals surface area contributed by atoms with Crippen LogP contribution in [0.5, 0.6) is 0 Å². The monoisotopic (exact) mass is 331 g/mol. The minimum absolute atomic E-state index is 0.0138. The number of rotatable bonds is 7. The molecule has 1 aromatic rings. The average Bonchev–Trinajstić information content (AvgIpc) is 2.96. The van der Waals surface area contributed by atoms with Crippen molar-refractivity contribution in [2.75, 3.05) is 38.5 Å². The van der Waals surface area contributed by atoms with Gasteiger partial charge in [0, 0.05) is 50.2 Å². The smallest absolute Gasteiger partial charge is 0.215 e. The van der Waals surface area contributed by atoms with Crippen LogP contribution in [0.15, 0.2) is 17.5 Å². The Bertz CT molecular complexity index is 508. The Kier molecular flexibility index (Phi) is 6.19. The lowest BCUT2D eigenvalue weighted by atomic mass is 10.4. The van der Waals surface area contributed by atoms with Crippen molar-refractivity contribution in [1.29, 1.82) is 0 Å². The summed E-state index contributed by atoms with van der Waals surface area (Å²) in [6.07, 6.45) is 0. The second-order valence-electron chi connectivity index (χ2n) is 5.63. The lowest BCUT2D eigenvalue weighted by molar-refractivity contribution is 0.251. The predicted molar refractivity (Wildman–Crippen MR) is 88.1 cm³/mol. The fraction of sp³-hybridized carbons (Fsp3) is 0.714. The highest BCUT2D eigenvalue weighted by Gasteiger charge is 2.26. The molecule has 21 heavy (non-hydrogen) atoms. The molecule has 1 N–H and O–H groups in total. The normalized spacial score (nSPS) is 17.7. The summed E-state index contributed by atoms with van der Waals surface area (Å²) < 4.78 is 26.9. The minimum atomic E-state index is -3.22. The van der Waals surface area contributed by atoms with Crippen LogP contribution >= 0.6 is 11.3 Å². The van der Waals surface area contributed by atoms with Crippen molar-refractivity contribution in [2.45, 2.75) is 26.4 Å². The van der Waals surface area contributed by atoms with E-state index in [0.717, 1.165) is 31.1 Å². The van der Waals surface area contributed by atoms with E-state index in [4.69, 9.17) is 0 Å². The van der Waals surface area contributed by atoms with Gasteiger partial charge < -0.3 is 5.32 Å². The van der Waals surface area contributed by atoms with Gasteiger partial charge in [0.15, 0.2) is 0 Å². The van der Waals surface area contributed by atoms with E-state index in [1.807, 2.05) is 31.4 Å². The molecule has 2 heterocycles. The Labute approximate surface area is 132 Å². The van der Waals surface area contributed by atoms with Gasteiger partial charge in [-0.25, -0.2) is 8.42 Å². The van der Waals surface area contributed by atoms with Gasteiger partial charge in [-0.1, -0.05) is 6.07 Å². The van der Waals surface area contributed by atoms with Gasteiger partial charge >= 0.3 is 0 Å². The maximum atomic E-state index is 12.6. The van der Waals surface area contributed by atoms with E-state index in [2.05, 4.69) is 10.2 Å². The van der Waals surface area contributed by atoms with Crippen molar-refractivity contribution in [1.82, 2.24) is 14.5 Å². The summed E-state index contributed by atoms with van der Waals surface area (Å²) >= 11 is 1.61.